The average molecular weight is 393 g/mol. The van der Waals surface area contributed by atoms with Crippen molar-refractivity contribution in [1.29, 1.82) is 0 Å². The van der Waals surface area contributed by atoms with Crippen molar-refractivity contribution in [2.24, 2.45) is 5.92 Å². The van der Waals surface area contributed by atoms with Gasteiger partial charge in [-0.2, -0.15) is 0 Å². The Kier molecular flexibility index (Phi) is 9.69. The Balaban J connectivity index is 1.69. The second kappa shape index (κ2) is 11.8. The maximum atomic E-state index is 11.6. The normalized spacial score (nSPS) is 19.9. The van der Waals surface area contributed by atoms with Crippen molar-refractivity contribution in [2.45, 2.75) is 63.4 Å². The molecule has 0 spiro atoms. The lowest BCUT2D eigenvalue weighted by Crippen LogP contribution is -2.14. The second-order valence-corrected chi connectivity index (χ2v) is 9.73. The van der Waals surface area contributed by atoms with E-state index < -0.39 is 0 Å². The van der Waals surface area contributed by atoms with Gasteiger partial charge < -0.3 is 4.74 Å². The summed E-state index contributed by atoms with van der Waals surface area (Å²) in [7, 11) is 0. The van der Waals surface area contributed by atoms with Crippen LogP contribution in [0.5, 0.6) is 5.75 Å². The Bertz CT molecular complexity index is 560. The first-order valence-corrected chi connectivity index (χ1v) is 11.9. The smallest absolute Gasteiger partial charge is 0.338 e. The van der Waals surface area contributed by atoms with Crippen LogP contribution < -0.4 is 4.74 Å². The number of hydrogen-bond donors (Lipinski definition) is 0. The highest BCUT2D eigenvalue weighted by atomic mass is 32.2. The summed E-state index contributed by atoms with van der Waals surface area (Å²) in [5.74, 6) is 3.62. The van der Waals surface area contributed by atoms with Gasteiger partial charge in [-0.15, -0.1) is 23.5 Å². The minimum Gasteiger partial charge on any atom is -0.423 e. The van der Waals surface area contributed by atoms with Gasteiger partial charge in [-0.3, -0.25) is 0 Å². The standard InChI is InChI=1S/C22H32O2S2/c1-4-5-6-7-8-9-10-18-15-25-22(26-16-18)19-11-13-20(14-12-19)24-21(23)17(2)3/h11-14,18,22H,2,4-10,15-16H2,1,3H3. The zero-order valence-corrected chi connectivity index (χ0v) is 17.8. The van der Waals surface area contributed by atoms with Crippen LogP contribution in [0, 0.1) is 5.92 Å². The Hall–Kier alpha value is -0.870. The van der Waals surface area contributed by atoms with Crippen molar-refractivity contribution in [2.75, 3.05) is 11.5 Å². The van der Waals surface area contributed by atoms with Crippen LogP contribution in [0.1, 0.15) is 68.9 Å². The molecular formula is C22H32O2S2. The van der Waals surface area contributed by atoms with E-state index in [-0.39, 0.29) is 5.97 Å². The van der Waals surface area contributed by atoms with Gasteiger partial charge in [-0.25, -0.2) is 4.79 Å². The Labute approximate surface area is 167 Å². The molecule has 1 aliphatic heterocycles. The quantitative estimate of drug-likeness (QED) is 0.185. The lowest BCUT2D eigenvalue weighted by Gasteiger charge is -2.28. The fraction of sp³-hybridized carbons (Fsp3) is 0.591. The molecule has 0 amide bonds. The number of carbonyl (C=O) groups is 1. The van der Waals surface area contributed by atoms with E-state index in [1.165, 1.54) is 62.0 Å². The molecule has 4 heteroatoms. The van der Waals surface area contributed by atoms with Crippen molar-refractivity contribution in [3.63, 3.8) is 0 Å². The highest BCUT2D eigenvalue weighted by molar-refractivity contribution is 8.16. The summed E-state index contributed by atoms with van der Waals surface area (Å²) in [5.41, 5.74) is 1.73. The molecule has 1 fully saturated rings. The summed E-state index contributed by atoms with van der Waals surface area (Å²) >= 11 is 4.12. The zero-order valence-electron chi connectivity index (χ0n) is 16.2. The van der Waals surface area contributed by atoms with Crippen LogP contribution in [0.3, 0.4) is 0 Å². The molecule has 2 nitrogen and oxygen atoms in total. The lowest BCUT2D eigenvalue weighted by atomic mass is 10.0. The first kappa shape index (κ1) is 21.4. The van der Waals surface area contributed by atoms with Crippen LogP contribution in [0.4, 0.5) is 0 Å². The van der Waals surface area contributed by atoms with Crippen molar-refractivity contribution >= 4 is 29.5 Å². The number of thioether (sulfide) groups is 2. The third-order valence-electron chi connectivity index (χ3n) is 4.64. The van der Waals surface area contributed by atoms with Gasteiger partial charge in [0.15, 0.2) is 0 Å². The summed E-state index contributed by atoms with van der Waals surface area (Å²) in [6.45, 7) is 7.54. The minimum absolute atomic E-state index is 0.364. The van der Waals surface area contributed by atoms with E-state index >= 15 is 0 Å². The second-order valence-electron chi connectivity index (χ2n) is 7.16. The van der Waals surface area contributed by atoms with Crippen molar-refractivity contribution < 1.29 is 9.53 Å². The number of carbonyl (C=O) groups excluding carboxylic acids is 1. The number of benzene rings is 1. The molecule has 1 aromatic carbocycles. The van der Waals surface area contributed by atoms with E-state index in [1.807, 2.05) is 12.1 Å². The summed E-state index contributed by atoms with van der Waals surface area (Å²) in [6, 6.07) is 7.94. The van der Waals surface area contributed by atoms with Gasteiger partial charge in [0.05, 0.1) is 4.58 Å². The van der Waals surface area contributed by atoms with Crippen molar-refractivity contribution in [3.05, 3.63) is 42.0 Å². The number of esters is 1. The van der Waals surface area contributed by atoms with E-state index in [0.29, 0.717) is 15.9 Å². The zero-order chi connectivity index (χ0) is 18.8. The Morgan fingerprint density at radius 3 is 2.31 bits per heavy atom. The summed E-state index contributed by atoms with van der Waals surface area (Å²) in [6.07, 6.45) is 9.71. The number of unbranched alkanes of at least 4 members (excludes halogenated alkanes) is 5. The summed E-state index contributed by atoms with van der Waals surface area (Å²) < 4.78 is 5.76. The average Bonchev–Trinajstić information content (AvgIpc) is 2.65. The fourth-order valence-electron chi connectivity index (χ4n) is 3.00. The maximum absolute atomic E-state index is 11.6. The third-order valence-corrected chi connectivity index (χ3v) is 7.94. The molecule has 2 rings (SSSR count). The SMILES string of the molecule is C=C(C)C(=O)Oc1ccc(C2SCC(CCCCCCCC)CS2)cc1. The first-order valence-electron chi connectivity index (χ1n) is 9.81. The number of ether oxygens (including phenoxy) is 1. The molecule has 1 heterocycles. The highest BCUT2D eigenvalue weighted by Crippen LogP contribution is 2.46. The van der Waals surface area contributed by atoms with Crippen molar-refractivity contribution in [1.82, 2.24) is 0 Å². The molecular weight excluding hydrogens is 360 g/mol. The predicted octanol–water partition coefficient (Wildman–Crippen LogP) is 7.01. The number of hydrogen-bond acceptors (Lipinski definition) is 4. The topological polar surface area (TPSA) is 26.3 Å². The van der Waals surface area contributed by atoms with Crippen LogP contribution in [0.25, 0.3) is 0 Å². The molecule has 1 aromatic rings. The van der Waals surface area contributed by atoms with E-state index in [4.69, 9.17) is 4.74 Å². The van der Waals surface area contributed by atoms with Crippen LogP contribution in [-0.2, 0) is 4.79 Å². The van der Waals surface area contributed by atoms with Crippen LogP contribution in [0.15, 0.2) is 36.4 Å². The number of rotatable bonds is 10. The molecule has 0 aromatic heterocycles. The fourth-order valence-corrected chi connectivity index (χ4v) is 6.17. The molecule has 0 bridgehead atoms. The van der Waals surface area contributed by atoms with E-state index in [1.54, 1.807) is 6.92 Å². The molecule has 0 unspecified atom stereocenters. The Morgan fingerprint density at radius 2 is 1.69 bits per heavy atom. The largest absolute Gasteiger partial charge is 0.423 e. The van der Waals surface area contributed by atoms with Crippen LogP contribution >= 0.6 is 23.5 Å². The van der Waals surface area contributed by atoms with E-state index in [0.717, 1.165) is 5.92 Å². The van der Waals surface area contributed by atoms with Gasteiger partial charge in [0.25, 0.3) is 0 Å². The highest BCUT2D eigenvalue weighted by Gasteiger charge is 2.23. The summed E-state index contributed by atoms with van der Waals surface area (Å²) in [4.78, 5) is 11.6. The van der Waals surface area contributed by atoms with Gasteiger partial charge >= 0.3 is 5.97 Å². The molecule has 0 aliphatic carbocycles. The molecule has 0 saturated carbocycles. The molecule has 0 atom stereocenters. The van der Waals surface area contributed by atoms with Gasteiger partial charge in [-0.1, -0.05) is 64.2 Å². The maximum Gasteiger partial charge on any atom is 0.338 e. The van der Waals surface area contributed by atoms with Crippen molar-refractivity contribution in [3.8, 4) is 5.75 Å². The predicted molar refractivity (Wildman–Crippen MR) is 116 cm³/mol. The van der Waals surface area contributed by atoms with Crippen LogP contribution in [-0.4, -0.2) is 17.5 Å². The van der Waals surface area contributed by atoms with Gasteiger partial charge in [0.2, 0.25) is 0 Å². The molecule has 1 aliphatic rings. The lowest BCUT2D eigenvalue weighted by molar-refractivity contribution is -0.130. The van der Waals surface area contributed by atoms with Crippen LogP contribution in [0.2, 0.25) is 0 Å². The summed E-state index contributed by atoms with van der Waals surface area (Å²) in [5, 5.41) is 0. The first-order chi connectivity index (χ1) is 12.6. The third kappa shape index (κ3) is 7.40. The molecule has 0 N–H and O–H groups in total. The molecule has 0 radical (unpaired) electrons. The molecule has 144 valence electrons. The van der Waals surface area contributed by atoms with Gasteiger partial charge in [-0.05, 0) is 48.5 Å². The van der Waals surface area contributed by atoms with E-state index in [2.05, 4.69) is 49.2 Å². The van der Waals surface area contributed by atoms with E-state index in [9.17, 15) is 4.79 Å². The molecule has 26 heavy (non-hydrogen) atoms. The minimum atomic E-state index is -0.364. The van der Waals surface area contributed by atoms with Gasteiger partial charge in [0, 0.05) is 5.57 Å². The molecule has 1 saturated heterocycles. The Morgan fingerprint density at radius 1 is 1.08 bits per heavy atom. The van der Waals surface area contributed by atoms with Gasteiger partial charge in [0.1, 0.15) is 5.75 Å². The monoisotopic (exact) mass is 392 g/mol.